The molecular weight excluding hydrogens is 1100 g/mol. The third kappa shape index (κ3) is 11.8. The summed E-state index contributed by atoms with van der Waals surface area (Å²) in [6.07, 6.45) is 6.63. The Balaban J connectivity index is 0.821. The van der Waals surface area contributed by atoms with Crippen molar-refractivity contribution in [1.29, 1.82) is 0 Å². The zero-order chi connectivity index (χ0) is 61.5. The van der Waals surface area contributed by atoms with Gasteiger partial charge in [-0.3, -0.25) is 9.59 Å². The molecule has 0 bridgehead atoms. The van der Waals surface area contributed by atoms with Gasteiger partial charge in [-0.25, -0.2) is 4.79 Å². The molecule has 12 rings (SSSR count). The van der Waals surface area contributed by atoms with Gasteiger partial charge in [-0.05, 0) is 152 Å². The zero-order valence-electron chi connectivity index (χ0n) is 51.1. The van der Waals surface area contributed by atoms with Crippen LogP contribution in [0.1, 0.15) is 137 Å². The molecule has 446 valence electrons. The van der Waals surface area contributed by atoms with E-state index in [0.717, 1.165) is 144 Å². The number of aryl methyl sites for hydroxylation is 4. The molecule has 0 spiro atoms. The van der Waals surface area contributed by atoms with Crippen LogP contribution in [0.2, 0.25) is 0 Å². The van der Waals surface area contributed by atoms with E-state index in [1.807, 2.05) is 191 Å². The number of oxime groups is 2. The number of nitrogens with zero attached hydrogens (tertiary/aromatic N) is 4. The maximum absolute atomic E-state index is 14.8. The minimum atomic E-state index is -0.431. The first kappa shape index (κ1) is 59.2. The summed E-state index contributed by atoms with van der Waals surface area (Å²) < 4.78 is 16.8. The van der Waals surface area contributed by atoms with Gasteiger partial charge < -0.3 is 28.7 Å². The first-order valence-electron chi connectivity index (χ1n) is 31.2. The van der Waals surface area contributed by atoms with Crippen molar-refractivity contribution in [3.63, 3.8) is 0 Å². The molecule has 89 heavy (non-hydrogen) atoms. The zero-order valence-corrected chi connectivity index (χ0v) is 51.1. The number of ketones is 2. The lowest BCUT2D eigenvalue weighted by molar-refractivity contribution is -0.143. The monoisotopic (exact) mass is 1180 g/mol. The van der Waals surface area contributed by atoms with Crippen LogP contribution in [0, 0.1) is 13.8 Å². The van der Waals surface area contributed by atoms with Crippen LogP contribution >= 0.6 is 0 Å². The smallest absolute Gasteiger partial charge is 0.335 e. The van der Waals surface area contributed by atoms with Gasteiger partial charge in [0.1, 0.15) is 22.9 Å². The van der Waals surface area contributed by atoms with E-state index in [4.69, 9.17) is 14.3 Å². The van der Waals surface area contributed by atoms with Crippen LogP contribution < -0.4 is 9.47 Å². The molecule has 0 amide bonds. The lowest BCUT2D eigenvalue weighted by Gasteiger charge is -2.13. The Bertz CT molecular complexity index is 4760. The van der Waals surface area contributed by atoms with Gasteiger partial charge in [0, 0.05) is 96.5 Å². The number of aromatic nitrogens is 2. The van der Waals surface area contributed by atoms with Gasteiger partial charge >= 0.3 is 5.97 Å². The molecule has 12 aromatic rings. The number of hydrogen-bond acceptors (Lipinski definition) is 9. The number of carbonyl (C=O) groups excluding carboxylic acids is 3. The van der Waals surface area contributed by atoms with Gasteiger partial charge in [-0.1, -0.05) is 164 Å². The maximum Gasteiger partial charge on any atom is 0.335 e. The SMILES string of the molecule is CCCCCCn1c2ccc(C(=O)c3c(OCC)ccc4ccccc34)cc2c2cc(/C(=N\OC(=O)CCCCCn3c4ccc(C(=O)c5c(OCC)ccc6ccccc56)cc4c4cc(/C(=N\O)c5ccccc5C)ccc43)c3ccccc3C)ccc21. The molecule has 0 fully saturated rings. The van der Waals surface area contributed by atoms with Gasteiger partial charge in [-0.15, -0.1) is 0 Å². The van der Waals surface area contributed by atoms with Gasteiger partial charge in [0.05, 0.1) is 24.3 Å². The van der Waals surface area contributed by atoms with E-state index >= 15 is 0 Å². The number of ether oxygens (including phenoxy) is 2. The Morgan fingerprint density at radius 2 is 0.843 bits per heavy atom. The van der Waals surface area contributed by atoms with Crippen LogP contribution in [0.3, 0.4) is 0 Å². The van der Waals surface area contributed by atoms with E-state index in [0.29, 0.717) is 71.4 Å². The van der Waals surface area contributed by atoms with E-state index in [-0.39, 0.29) is 18.0 Å². The van der Waals surface area contributed by atoms with E-state index in [1.54, 1.807) is 0 Å². The largest absolute Gasteiger partial charge is 0.493 e. The summed E-state index contributed by atoms with van der Waals surface area (Å²) in [4.78, 5) is 49.3. The van der Waals surface area contributed by atoms with Crippen molar-refractivity contribution >= 4 is 94.1 Å². The van der Waals surface area contributed by atoms with Crippen molar-refractivity contribution < 1.29 is 33.9 Å². The second-order valence-corrected chi connectivity index (χ2v) is 22.9. The van der Waals surface area contributed by atoms with Crippen LogP contribution in [0.15, 0.2) is 204 Å². The van der Waals surface area contributed by atoms with Crippen molar-refractivity contribution in [3.8, 4) is 11.5 Å². The van der Waals surface area contributed by atoms with Gasteiger partial charge in [0.25, 0.3) is 0 Å². The molecule has 0 unspecified atom stereocenters. The first-order valence-corrected chi connectivity index (χ1v) is 31.2. The molecule has 2 aromatic heterocycles. The fourth-order valence-electron chi connectivity index (χ4n) is 12.8. The second-order valence-electron chi connectivity index (χ2n) is 22.9. The number of unbranched alkanes of at least 4 members (excludes halogenated alkanes) is 5. The number of fused-ring (bicyclic) bond motifs is 8. The summed E-state index contributed by atoms with van der Waals surface area (Å²) in [6.45, 7) is 12.4. The van der Waals surface area contributed by atoms with Crippen molar-refractivity contribution in [2.45, 2.75) is 99.1 Å². The summed E-state index contributed by atoms with van der Waals surface area (Å²) in [5.74, 6) is 0.420. The number of hydrogen-bond donors (Lipinski definition) is 1. The summed E-state index contributed by atoms with van der Waals surface area (Å²) in [5.41, 5.74) is 12.3. The Kier molecular flexibility index (Phi) is 17.6. The standard InChI is InChI=1S/C78H72N4O7/c1-6-9-10-21-44-81-67-39-33-55(47-63(67)65-49-57(35-41-69(65)81)78(85)74-61-30-20-16-26-53(61)37-43-71(74)88-8-3)76(59-28-18-14-24-51(59)5)80-89-72(83)31-12-11-22-45-82-66-38-32-54(75(79-86)58-27-17-13-23-50(58)4)46-62(66)64-48-56(34-40-68(64)82)77(84)73-60-29-19-15-25-52(60)36-42-70(73)87-7-2/h13-20,23-30,32-43,46-49,86H,6-12,21-22,31,44-45H2,1-5H3/b79-75+,80-76+. The summed E-state index contributed by atoms with van der Waals surface area (Å²) >= 11 is 0. The van der Waals surface area contributed by atoms with E-state index < -0.39 is 5.97 Å². The molecule has 0 saturated carbocycles. The molecule has 0 atom stereocenters. The molecular formula is C78H72N4O7. The molecule has 0 aliphatic rings. The van der Waals surface area contributed by atoms with Crippen LogP contribution in [0.5, 0.6) is 11.5 Å². The third-order valence-electron chi connectivity index (χ3n) is 17.3. The highest BCUT2D eigenvalue weighted by Crippen LogP contribution is 2.38. The summed E-state index contributed by atoms with van der Waals surface area (Å²) in [6, 6.07) is 63.7. The van der Waals surface area contributed by atoms with E-state index in [9.17, 15) is 19.6 Å². The lowest BCUT2D eigenvalue weighted by Crippen LogP contribution is -2.09. The quantitative estimate of drug-likeness (QED) is 0.0159. The Morgan fingerprint density at radius 3 is 1.30 bits per heavy atom. The number of benzene rings is 10. The molecule has 1 N–H and O–H groups in total. The van der Waals surface area contributed by atoms with Crippen molar-refractivity contribution in [2.24, 2.45) is 10.3 Å². The fourth-order valence-corrected chi connectivity index (χ4v) is 12.8. The predicted octanol–water partition coefficient (Wildman–Crippen LogP) is 18.4. The molecule has 11 nitrogen and oxygen atoms in total. The van der Waals surface area contributed by atoms with Crippen molar-refractivity contribution in [2.75, 3.05) is 13.2 Å². The van der Waals surface area contributed by atoms with Crippen LogP contribution in [-0.4, -0.2) is 56.5 Å². The average molecular weight is 1180 g/mol. The lowest BCUT2D eigenvalue weighted by atomic mass is 9.94. The minimum Gasteiger partial charge on any atom is -0.493 e. The van der Waals surface area contributed by atoms with Crippen LogP contribution in [-0.2, 0) is 22.7 Å². The number of rotatable bonds is 24. The maximum atomic E-state index is 14.8. The highest BCUT2D eigenvalue weighted by molar-refractivity contribution is 6.23. The third-order valence-corrected chi connectivity index (χ3v) is 17.3. The van der Waals surface area contributed by atoms with E-state index in [2.05, 4.69) is 56.7 Å². The van der Waals surface area contributed by atoms with E-state index in [1.165, 1.54) is 0 Å². The number of carbonyl (C=O) groups is 3. The highest BCUT2D eigenvalue weighted by atomic mass is 16.7. The Morgan fingerprint density at radius 1 is 0.427 bits per heavy atom. The van der Waals surface area contributed by atoms with Crippen molar-refractivity contribution in [3.05, 3.63) is 250 Å². The molecule has 0 radical (unpaired) electrons. The molecule has 0 aliphatic heterocycles. The molecule has 11 heteroatoms. The molecule has 10 aromatic carbocycles. The van der Waals surface area contributed by atoms with Gasteiger partial charge in [0.2, 0.25) is 0 Å². The molecule has 2 heterocycles. The second kappa shape index (κ2) is 26.5. The topological polar surface area (TPSA) is 134 Å². The van der Waals surface area contributed by atoms with Gasteiger partial charge in [-0.2, -0.15) is 0 Å². The van der Waals surface area contributed by atoms with Crippen LogP contribution in [0.4, 0.5) is 0 Å². The van der Waals surface area contributed by atoms with Crippen LogP contribution in [0.25, 0.3) is 65.2 Å². The summed E-state index contributed by atoms with van der Waals surface area (Å²) in [7, 11) is 0. The molecule has 0 saturated heterocycles. The Labute approximate surface area is 518 Å². The summed E-state index contributed by atoms with van der Waals surface area (Å²) in [5, 5.41) is 26.3. The normalized spacial score (nSPS) is 12.1. The predicted molar refractivity (Wildman–Crippen MR) is 360 cm³/mol. The average Bonchev–Trinajstić information content (AvgIpc) is 1.68. The van der Waals surface area contributed by atoms with Gasteiger partial charge in [0.15, 0.2) is 11.6 Å². The minimum absolute atomic E-state index is 0.108. The van der Waals surface area contributed by atoms with Crippen molar-refractivity contribution in [1.82, 2.24) is 9.13 Å². The molecule has 0 aliphatic carbocycles. The Hall–Kier alpha value is -10.1. The highest BCUT2D eigenvalue weighted by Gasteiger charge is 2.25. The first-order chi connectivity index (χ1) is 43.6. The fraction of sp³-hybridized carbons (Fsp3) is 0.218.